The van der Waals surface area contributed by atoms with E-state index in [9.17, 15) is 4.79 Å². The van der Waals surface area contributed by atoms with E-state index >= 15 is 0 Å². The molecule has 4 heteroatoms. The predicted molar refractivity (Wildman–Crippen MR) is 73.4 cm³/mol. The molecule has 2 N–H and O–H groups in total. The molecule has 18 heavy (non-hydrogen) atoms. The van der Waals surface area contributed by atoms with Gasteiger partial charge in [-0.3, -0.25) is 0 Å². The highest BCUT2D eigenvalue weighted by Crippen LogP contribution is 2.29. The normalized spacial score (nSPS) is 24.7. The zero-order valence-electron chi connectivity index (χ0n) is 12.2. The maximum atomic E-state index is 11.9. The summed E-state index contributed by atoms with van der Waals surface area (Å²) >= 11 is 0. The number of nitrogens with two attached hydrogens (primary N) is 1. The van der Waals surface area contributed by atoms with Gasteiger partial charge in [-0.1, -0.05) is 0 Å². The Morgan fingerprint density at radius 2 is 1.83 bits per heavy atom. The van der Waals surface area contributed by atoms with Gasteiger partial charge in [0, 0.05) is 13.1 Å². The topological polar surface area (TPSA) is 55.6 Å². The fourth-order valence-electron chi connectivity index (χ4n) is 2.54. The number of hydrogen-bond donors (Lipinski definition) is 1. The molecule has 0 unspecified atom stereocenters. The summed E-state index contributed by atoms with van der Waals surface area (Å²) in [6.07, 6.45) is 5.40. The molecular weight excluding hydrogens is 228 g/mol. The molecule has 106 valence electrons. The van der Waals surface area contributed by atoms with E-state index in [1.165, 1.54) is 12.8 Å². The lowest BCUT2D eigenvalue weighted by Crippen LogP contribution is -2.42. The van der Waals surface area contributed by atoms with Crippen LogP contribution in [0.3, 0.4) is 0 Å². The van der Waals surface area contributed by atoms with Gasteiger partial charge in [-0.05, 0) is 65.3 Å². The Hall–Kier alpha value is -0.770. The van der Waals surface area contributed by atoms with Crippen LogP contribution < -0.4 is 5.73 Å². The van der Waals surface area contributed by atoms with Crippen molar-refractivity contribution in [2.45, 2.75) is 64.5 Å². The first-order valence-electron chi connectivity index (χ1n) is 6.99. The van der Waals surface area contributed by atoms with Gasteiger partial charge in [0.05, 0.1) is 0 Å². The molecule has 1 rings (SSSR count). The van der Waals surface area contributed by atoms with E-state index in [1.54, 1.807) is 4.90 Å². The second-order valence-corrected chi connectivity index (χ2v) is 6.34. The molecule has 0 aliphatic heterocycles. The zero-order valence-corrected chi connectivity index (χ0v) is 12.2. The summed E-state index contributed by atoms with van der Waals surface area (Å²) in [6.45, 7) is 6.47. The molecule has 0 aromatic rings. The highest BCUT2D eigenvalue weighted by molar-refractivity contribution is 5.68. The summed E-state index contributed by atoms with van der Waals surface area (Å²) in [5.74, 6) is 0.748. The Kier molecular flexibility index (Phi) is 5.45. The van der Waals surface area contributed by atoms with Crippen molar-refractivity contribution in [1.82, 2.24) is 4.90 Å². The SMILES string of the molecule is CN(C(=O)OC(C)(C)C)C1CCC(CCN)CC1. The minimum atomic E-state index is -0.415. The van der Waals surface area contributed by atoms with Crippen molar-refractivity contribution < 1.29 is 9.53 Å². The molecule has 1 aliphatic carbocycles. The Morgan fingerprint density at radius 1 is 1.28 bits per heavy atom. The molecule has 0 aromatic carbocycles. The van der Waals surface area contributed by atoms with Crippen molar-refractivity contribution in [2.24, 2.45) is 11.7 Å². The van der Waals surface area contributed by atoms with Crippen LogP contribution in [0.1, 0.15) is 52.9 Å². The van der Waals surface area contributed by atoms with Gasteiger partial charge in [0.1, 0.15) is 5.60 Å². The second kappa shape index (κ2) is 6.41. The first kappa shape index (κ1) is 15.3. The summed E-state index contributed by atoms with van der Waals surface area (Å²) < 4.78 is 5.39. The molecule has 0 radical (unpaired) electrons. The lowest BCUT2D eigenvalue weighted by atomic mass is 9.84. The predicted octanol–water partition coefficient (Wildman–Crippen LogP) is 2.76. The fourth-order valence-corrected chi connectivity index (χ4v) is 2.54. The summed E-state index contributed by atoms with van der Waals surface area (Å²) in [4.78, 5) is 13.7. The Labute approximate surface area is 111 Å². The van der Waals surface area contributed by atoms with E-state index in [2.05, 4.69) is 0 Å². The van der Waals surface area contributed by atoms with E-state index in [0.29, 0.717) is 6.04 Å². The summed E-state index contributed by atoms with van der Waals surface area (Å²) in [5.41, 5.74) is 5.17. The van der Waals surface area contributed by atoms with E-state index < -0.39 is 5.60 Å². The van der Waals surface area contributed by atoms with Crippen LogP contribution in [0.25, 0.3) is 0 Å². The molecule has 0 aromatic heterocycles. The van der Waals surface area contributed by atoms with Crippen molar-refractivity contribution >= 4 is 6.09 Å². The van der Waals surface area contributed by atoms with Gasteiger partial charge < -0.3 is 15.4 Å². The van der Waals surface area contributed by atoms with Gasteiger partial charge in [-0.2, -0.15) is 0 Å². The van der Waals surface area contributed by atoms with Crippen LogP contribution >= 0.6 is 0 Å². The van der Waals surface area contributed by atoms with E-state index in [1.807, 2.05) is 27.8 Å². The van der Waals surface area contributed by atoms with Crippen molar-refractivity contribution in [2.75, 3.05) is 13.6 Å². The minimum absolute atomic E-state index is 0.204. The molecule has 1 fully saturated rings. The Bertz CT molecular complexity index is 265. The number of carbonyl (C=O) groups excluding carboxylic acids is 1. The molecule has 1 saturated carbocycles. The first-order chi connectivity index (χ1) is 8.33. The monoisotopic (exact) mass is 256 g/mol. The number of ether oxygens (including phenoxy) is 1. The molecule has 4 nitrogen and oxygen atoms in total. The van der Waals surface area contributed by atoms with Crippen molar-refractivity contribution in [3.63, 3.8) is 0 Å². The quantitative estimate of drug-likeness (QED) is 0.844. The number of carbonyl (C=O) groups is 1. The van der Waals surface area contributed by atoms with Crippen LogP contribution in [0.2, 0.25) is 0 Å². The molecule has 1 amide bonds. The number of nitrogens with zero attached hydrogens (tertiary/aromatic N) is 1. The summed E-state index contributed by atoms with van der Waals surface area (Å²) in [5, 5.41) is 0. The van der Waals surface area contributed by atoms with Gasteiger partial charge in [0.15, 0.2) is 0 Å². The summed E-state index contributed by atoms with van der Waals surface area (Å²) in [6, 6.07) is 0.328. The summed E-state index contributed by atoms with van der Waals surface area (Å²) in [7, 11) is 1.85. The van der Waals surface area contributed by atoms with Crippen LogP contribution in [0.15, 0.2) is 0 Å². The molecule has 0 spiro atoms. The minimum Gasteiger partial charge on any atom is -0.444 e. The van der Waals surface area contributed by atoms with Crippen molar-refractivity contribution in [3.8, 4) is 0 Å². The number of rotatable bonds is 3. The largest absolute Gasteiger partial charge is 0.444 e. The number of hydrogen-bond acceptors (Lipinski definition) is 3. The maximum Gasteiger partial charge on any atom is 0.410 e. The van der Waals surface area contributed by atoms with Gasteiger partial charge in [-0.15, -0.1) is 0 Å². The third-order valence-corrected chi connectivity index (χ3v) is 3.62. The van der Waals surface area contributed by atoms with Crippen LogP contribution in [0.5, 0.6) is 0 Å². The average Bonchev–Trinajstić information content (AvgIpc) is 2.27. The van der Waals surface area contributed by atoms with Gasteiger partial charge in [0.25, 0.3) is 0 Å². The van der Waals surface area contributed by atoms with Crippen LogP contribution in [-0.2, 0) is 4.74 Å². The highest BCUT2D eigenvalue weighted by atomic mass is 16.6. The molecule has 0 bridgehead atoms. The van der Waals surface area contributed by atoms with E-state index in [-0.39, 0.29) is 6.09 Å². The Morgan fingerprint density at radius 3 is 2.28 bits per heavy atom. The second-order valence-electron chi connectivity index (χ2n) is 6.34. The zero-order chi connectivity index (χ0) is 13.8. The van der Waals surface area contributed by atoms with E-state index in [0.717, 1.165) is 31.7 Å². The standard InChI is InChI=1S/C14H28N2O2/c1-14(2,3)18-13(17)16(4)12-7-5-11(6-8-12)9-10-15/h11-12H,5-10,15H2,1-4H3. The average molecular weight is 256 g/mol. The van der Waals surface area contributed by atoms with Crippen molar-refractivity contribution in [3.05, 3.63) is 0 Å². The fraction of sp³-hybridized carbons (Fsp3) is 0.929. The molecular formula is C14H28N2O2. The first-order valence-corrected chi connectivity index (χ1v) is 6.99. The molecule has 0 atom stereocenters. The van der Waals surface area contributed by atoms with Crippen LogP contribution in [0.4, 0.5) is 4.79 Å². The number of amides is 1. The maximum absolute atomic E-state index is 11.9. The van der Waals surface area contributed by atoms with Crippen LogP contribution in [-0.4, -0.2) is 36.2 Å². The van der Waals surface area contributed by atoms with Gasteiger partial charge >= 0.3 is 6.09 Å². The molecule has 0 saturated heterocycles. The molecule has 0 heterocycles. The third-order valence-electron chi connectivity index (χ3n) is 3.62. The van der Waals surface area contributed by atoms with Crippen LogP contribution in [0, 0.1) is 5.92 Å². The lowest BCUT2D eigenvalue weighted by molar-refractivity contribution is 0.0171. The Balaban J connectivity index is 2.40. The van der Waals surface area contributed by atoms with Crippen molar-refractivity contribution in [1.29, 1.82) is 0 Å². The van der Waals surface area contributed by atoms with Gasteiger partial charge in [-0.25, -0.2) is 4.79 Å². The third kappa shape index (κ3) is 4.84. The lowest BCUT2D eigenvalue weighted by Gasteiger charge is -2.35. The van der Waals surface area contributed by atoms with E-state index in [4.69, 9.17) is 10.5 Å². The molecule has 1 aliphatic rings. The van der Waals surface area contributed by atoms with Gasteiger partial charge in [0.2, 0.25) is 0 Å². The highest BCUT2D eigenvalue weighted by Gasteiger charge is 2.28. The smallest absolute Gasteiger partial charge is 0.410 e.